The highest BCUT2D eigenvalue weighted by Gasteiger charge is 2.25. The van der Waals surface area contributed by atoms with Gasteiger partial charge in [0.05, 0.1) is 18.6 Å². The fourth-order valence-corrected chi connectivity index (χ4v) is 2.86. The van der Waals surface area contributed by atoms with Gasteiger partial charge in [-0.3, -0.25) is 4.79 Å². The van der Waals surface area contributed by atoms with Crippen LogP contribution in [0.1, 0.15) is 25.0 Å². The van der Waals surface area contributed by atoms with Gasteiger partial charge >= 0.3 is 11.9 Å². The van der Waals surface area contributed by atoms with Gasteiger partial charge in [-0.15, -0.1) is 0 Å². The van der Waals surface area contributed by atoms with Crippen LogP contribution in [-0.2, 0) is 14.3 Å². The van der Waals surface area contributed by atoms with Gasteiger partial charge in [-0.05, 0) is 51.8 Å². The molecule has 0 N–H and O–H groups in total. The van der Waals surface area contributed by atoms with E-state index in [-0.39, 0.29) is 29.2 Å². The summed E-state index contributed by atoms with van der Waals surface area (Å²) in [5.74, 6) is -0.295. The summed E-state index contributed by atoms with van der Waals surface area (Å²) in [6.07, 6.45) is 1.57. The number of rotatable bonds is 5. The Morgan fingerprint density at radius 3 is 2.61 bits per heavy atom. The summed E-state index contributed by atoms with van der Waals surface area (Å²) in [5.41, 5.74) is 1.45. The number of halogens is 1. The topological polar surface area (TPSA) is 74.2 Å². The lowest BCUT2D eigenvalue weighted by atomic mass is 10.1. The Bertz CT molecular complexity index is 994. The number of ether oxygens (including phenoxy) is 3. The summed E-state index contributed by atoms with van der Waals surface area (Å²) in [5, 5.41) is 0. The zero-order valence-electron chi connectivity index (χ0n) is 15.6. The Morgan fingerprint density at radius 2 is 1.93 bits per heavy atom. The van der Waals surface area contributed by atoms with Crippen molar-refractivity contribution in [1.29, 1.82) is 0 Å². The molecule has 0 saturated heterocycles. The number of benzene rings is 2. The third-order valence-electron chi connectivity index (χ3n) is 3.90. The third kappa shape index (κ3) is 4.31. The standard InChI is InChI=1S/C21H18BrNO5/c1-12(2)20(24)27-18-11-13(8-9-17(18)26-3)10-16-21(25)28-19(23-16)14-6-4-5-7-15(14)22/h4-12H,1-3H3/b16-10+. The summed E-state index contributed by atoms with van der Waals surface area (Å²) >= 11 is 3.42. The Kier molecular flexibility index (Phi) is 5.94. The minimum Gasteiger partial charge on any atom is -0.493 e. The van der Waals surface area contributed by atoms with E-state index < -0.39 is 5.97 Å². The van der Waals surface area contributed by atoms with Crippen LogP contribution in [0.2, 0.25) is 0 Å². The average Bonchev–Trinajstić information content (AvgIpc) is 3.02. The second-order valence-electron chi connectivity index (χ2n) is 6.30. The largest absolute Gasteiger partial charge is 0.493 e. The molecule has 0 atom stereocenters. The summed E-state index contributed by atoms with van der Waals surface area (Å²) in [7, 11) is 1.49. The molecule has 0 aliphatic carbocycles. The van der Waals surface area contributed by atoms with Crippen molar-refractivity contribution in [3.8, 4) is 11.5 Å². The Morgan fingerprint density at radius 1 is 1.18 bits per heavy atom. The van der Waals surface area contributed by atoms with E-state index in [0.717, 1.165) is 4.47 Å². The van der Waals surface area contributed by atoms with Crippen LogP contribution in [0.25, 0.3) is 6.08 Å². The van der Waals surface area contributed by atoms with Crippen molar-refractivity contribution in [2.45, 2.75) is 13.8 Å². The highest BCUT2D eigenvalue weighted by molar-refractivity contribution is 9.10. The molecule has 0 fully saturated rings. The van der Waals surface area contributed by atoms with Crippen LogP contribution in [0.5, 0.6) is 11.5 Å². The molecule has 28 heavy (non-hydrogen) atoms. The molecule has 7 heteroatoms. The van der Waals surface area contributed by atoms with E-state index in [1.54, 1.807) is 44.2 Å². The maximum atomic E-state index is 12.2. The number of esters is 2. The second-order valence-corrected chi connectivity index (χ2v) is 7.16. The summed E-state index contributed by atoms with van der Waals surface area (Å²) in [4.78, 5) is 28.4. The van der Waals surface area contributed by atoms with Gasteiger partial charge < -0.3 is 14.2 Å². The molecule has 0 unspecified atom stereocenters. The third-order valence-corrected chi connectivity index (χ3v) is 4.59. The van der Waals surface area contributed by atoms with Gasteiger partial charge in [0.1, 0.15) is 0 Å². The fourth-order valence-electron chi connectivity index (χ4n) is 2.41. The van der Waals surface area contributed by atoms with Crippen molar-refractivity contribution < 1.29 is 23.8 Å². The van der Waals surface area contributed by atoms with Crippen LogP contribution in [0.4, 0.5) is 0 Å². The first-order chi connectivity index (χ1) is 13.4. The zero-order valence-corrected chi connectivity index (χ0v) is 17.1. The zero-order chi connectivity index (χ0) is 20.3. The van der Waals surface area contributed by atoms with Crippen molar-refractivity contribution in [3.63, 3.8) is 0 Å². The first-order valence-corrected chi connectivity index (χ1v) is 9.35. The van der Waals surface area contributed by atoms with Crippen molar-refractivity contribution in [3.05, 3.63) is 63.8 Å². The lowest BCUT2D eigenvalue weighted by Gasteiger charge is -2.11. The van der Waals surface area contributed by atoms with Crippen molar-refractivity contribution in [2.24, 2.45) is 10.9 Å². The highest BCUT2D eigenvalue weighted by Crippen LogP contribution is 2.31. The second kappa shape index (κ2) is 8.39. The number of carbonyl (C=O) groups is 2. The van der Waals surface area contributed by atoms with Gasteiger partial charge in [0.15, 0.2) is 17.2 Å². The van der Waals surface area contributed by atoms with E-state index in [4.69, 9.17) is 14.2 Å². The van der Waals surface area contributed by atoms with Crippen molar-refractivity contribution >= 4 is 39.8 Å². The first kappa shape index (κ1) is 19.8. The number of methoxy groups -OCH3 is 1. The smallest absolute Gasteiger partial charge is 0.363 e. The van der Waals surface area contributed by atoms with Gasteiger partial charge in [-0.25, -0.2) is 9.79 Å². The predicted octanol–water partition coefficient (Wildman–Crippen LogP) is 4.36. The number of aliphatic imine (C=N–C) groups is 1. The van der Waals surface area contributed by atoms with Crippen LogP contribution in [0.3, 0.4) is 0 Å². The van der Waals surface area contributed by atoms with E-state index in [1.165, 1.54) is 7.11 Å². The molecule has 3 rings (SSSR count). The summed E-state index contributed by atoms with van der Waals surface area (Å²) < 4.78 is 16.7. The molecule has 0 amide bonds. The van der Waals surface area contributed by atoms with Gasteiger partial charge in [0.2, 0.25) is 5.90 Å². The van der Waals surface area contributed by atoms with Crippen molar-refractivity contribution in [1.82, 2.24) is 0 Å². The monoisotopic (exact) mass is 443 g/mol. The van der Waals surface area contributed by atoms with Crippen LogP contribution in [-0.4, -0.2) is 24.9 Å². The quantitative estimate of drug-likeness (QED) is 0.389. The molecule has 2 aromatic rings. The van der Waals surface area contributed by atoms with Gasteiger partial charge in [0.25, 0.3) is 0 Å². The summed E-state index contributed by atoms with van der Waals surface area (Å²) in [6.45, 7) is 3.49. The Labute approximate surface area is 171 Å². The number of cyclic esters (lactones) is 1. The van der Waals surface area contributed by atoms with Crippen LogP contribution in [0.15, 0.2) is 57.6 Å². The molecule has 1 aliphatic rings. The van der Waals surface area contributed by atoms with E-state index in [2.05, 4.69) is 20.9 Å². The minimum absolute atomic E-state index is 0.150. The fraction of sp³-hybridized carbons (Fsp3) is 0.190. The molecule has 0 bridgehead atoms. The van der Waals surface area contributed by atoms with Gasteiger partial charge in [-0.1, -0.05) is 32.0 Å². The Balaban J connectivity index is 1.93. The lowest BCUT2D eigenvalue weighted by Crippen LogP contribution is -2.15. The predicted molar refractivity (Wildman–Crippen MR) is 108 cm³/mol. The summed E-state index contributed by atoms with van der Waals surface area (Å²) in [6, 6.07) is 12.3. The molecular weight excluding hydrogens is 426 g/mol. The molecule has 0 saturated carbocycles. The molecule has 1 aliphatic heterocycles. The lowest BCUT2D eigenvalue weighted by molar-refractivity contribution is -0.137. The van der Waals surface area contributed by atoms with Crippen LogP contribution < -0.4 is 9.47 Å². The van der Waals surface area contributed by atoms with Crippen molar-refractivity contribution in [2.75, 3.05) is 7.11 Å². The molecule has 1 heterocycles. The number of nitrogens with zero attached hydrogens (tertiary/aromatic N) is 1. The van der Waals surface area contributed by atoms with Crippen LogP contribution in [0, 0.1) is 5.92 Å². The number of hydrogen-bond acceptors (Lipinski definition) is 6. The highest BCUT2D eigenvalue weighted by atomic mass is 79.9. The molecule has 144 valence electrons. The molecule has 0 radical (unpaired) electrons. The molecule has 0 aromatic heterocycles. The molecule has 2 aromatic carbocycles. The van der Waals surface area contributed by atoms with E-state index in [9.17, 15) is 9.59 Å². The Hall–Kier alpha value is -2.93. The average molecular weight is 444 g/mol. The van der Waals surface area contributed by atoms with Gasteiger partial charge in [-0.2, -0.15) is 0 Å². The molecule has 0 spiro atoms. The number of carbonyl (C=O) groups excluding carboxylic acids is 2. The van der Waals surface area contributed by atoms with E-state index in [0.29, 0.717) is 16.9 Å². The normalized spacial score (nSPS) is 14.8. The number of hydrogen-bond donors (Lipinski definition) is 0. The maximum absolute atomic E-state index is 12.2. The molecular formula is C21H18BrNO5. The SMILES string of the molecule is COc1ccc(/C=C2/N=C(c3ccccc3Br)OC2=O)cc1OC(=O)C(C)C. The van der Waals surface area contributed by atoms with E-state index >= 15 is 0 Å². The van der Waals surface area contributed by atoms with Crippen LogP contribution >= 0.6 is 15.9 Å². The minimum atomic E-state index is -0.553. The van der Waals surface area contributed by atoms with E-state index in [1.807, 2.05) is 18.2 Å². The van der Waals surface area contributed by atoms with Gasteiger partial charge in [0, 0.05) is 4.47 Å². The maximum Gasteiger partial charge on any atom is 0.363 e. The first-order valence-electron chi connectivity index (χ1n) is 8.56. The molecule has 6 nitrogen and oxygen atoms in total.